The Balaban J connectivity index is 2.70. The molecule has 0 radical (unpaired) electrons. The summed E-state index contributed by atoms with van der Waals surface area (Å²) in [6, 6.07) is 0.802. The number of amides is 1. The number of methoxy groups -OCH3 is 1. The lowest BCUT2D eigenvalue weighted by atomic mass is 10.1. The third-order valence-electron chi connectivity index (χ3n) is 2.08. The van der Waals surface area contributed by atoms with Gasteiger partial charge in [0.15, 0.2) is 0 Å². The number of carbonyl (C=O) groups is 2. The quantitative estimate of drug-likeness (QED) is 0.833. The van der Waals surface area contributed by atoms with Gasteiger partial charge in [-0.05, 0) is 0 Å². The van der Waals surface area contributed by atoms with Crippen LogP contribution in [-0.2, 0) is 9.53 Å². The molecule has 0 aliphatic carbocycles. The van der Waals surface area contributed by atoms with Crippen molar-refractivity contribution >= 4 is 11.9 Å². The molecule has 0 bridgehead atoms. The van der Waals surface area contributed by atoms with Gasteiger partial charge in [-0.2, -0.15) is 0 Å². The lowest BCUT2D eigenvalue weighted by molar-refractivity contribution is -0.140. The highest BCUT2D eigenvalue weighted by atomic mass is 19.1. The number of rotatable bonds is 4. The minimum absolute atomic E-state index is 0.132. The summed E-state index contributed by atoms with van der Waals surface area (Å²) in [5.74, 6) is -5.36. The summed E-state index contributed by atoms with van der Waals surface area (Å²) in [5, 5.41) is 2.12. The monoisotopic (exact) mass is 261 g/mol. The normalized spacial score (nSPS) is 10.0. The molecular weight excluding hydrogens is 251 g/mol. The van der Waals surface area contributed by atoms with Crippen LogP contribution in [0.5, 0.6) is 0 Å². The molecule has 0 unspecified atom stereocenters. The third-order valence-corrected chi connectivity index (χ3v) is 2.08. The molecular formula is C11H10F3NO3. The van der Waals surface area contributed by atoms with Crippen molar-refractivity contribution in [2.45, 2.75) is 6.42 Å². The Morgan fingerprint density at radius 2 is 1.78 bits per heavy atom. The predicted octanol–water partition coefficient (Wildman–Crippen LogP) is 1.40. The smallest absolute Gasteiger partial charge is 0.307 e. The van der Waals surface area contributed by atoms with Crippen molar-refractivity contribution < 1.29 is 27.5 Å². The summed E-state index contributed by atoms with van der Waals surface area (Å²) in [7, 11) is 1.17. The van der Waals surface area contributed by atoms with E-state index in [4.69, 9.17) is 0 Å². The molecule has 0 aromatic heterocycles. The zero-order valence-corrected chi connectivity index (χ0v) is 9.43. The maximum Gasteiger partial charge on any atom is 0.307 e. The van der Waals surface area contributed by atoms with Crippen LogP contribution in [0.2, 0.25) is 0 Å². The number of esters is 1. The average Bonchev–Trinajstić information content (AvgIpc) is 2.27. The molecule has 0 spiro atoms. The molecule has 1 amide bonds. The molecule has 1 aromatic rings. The first-order valence-electron chi connectivity index (χ1n) is 4.95. The van der Waals surface area contributed by atoms with E-state index in [0.29, 0.717) is 12.1 Å². The van der Waals surface area contributed by atoms with E-state index in [0.717, 1.165) is 0 Å². The van der Waals surface area contributed by atoms with Gasteiger partial charge in [0.1, 0.15) is 23.0 Å². The molecule has 0 atom stereocenters. The summed E-state index contributed by atoms with van der Waals surface area (Å²) in [6.45, 7) is -0.137. The Morgan fingerprint density at radius 1 is 1.22 bits per heavy atom. The van der Waals surface area contributed by atoms with Crippen LogP contribution in [0.15, 0.2) is 12.1 Å². The molecule has 4 nitrogen and oxygen atoms in total. The Hall–Kier alpha value is -2.05. The molecule has 0 saturated carbocycles. The number of benzene rings is 1. The van der Waals surface area contributed by atoms with Gasteiger partial charge in [0.2, 0.25) is 0 Å². The molecule has 0 fully saturated rings. The fourth-order valence-corrected chi connectivity index (χ4v) is 1.23. The summed E-state index contributed by atoms with van der Waals surface area (Å²) >= 11 is 0. The average molecular weight is 261 g/mol. The van der Waals surface area contributed by atoms with Crippen molar-refractivity contribution in [2.24, 2.45) is 0 Å². The van der Waals surface area contributed by atoms with Crippen LogP contribution in [-0.4, -0.2) is 25.5 Å². The fourth-order valence-electron chi connectivity index (χ4n) is 1.23. The van der Waals surface area contributed by atoms with Crippen molar-refractivity contribution in [1.29, 1.82) is 0 Å². The Morgan fingerprint density at radius 3 is 2.28 bits per heavy atom. The van der Waals surface area contributed by atoms with Gasteiger partial charge in [-0.3, -0.25) is 9.59 Å². The van der Waals surface area contributed by atoms with Crippen LogP contribution < -0.4 is 5.32 Å². The predicted molar refractivity (Wildman–Crippen MR) is 55.3 cm³/mol. The lowest BCUT2D eigenvalue weighted by Gasteiger charge is -2.06. The van der Waals surface area contributed by atoms with Crippen LogP contribution in [0, 0.1) is 17.5 Å². The van der Waals surface area contributed by atoms with E-state index in [-0.39, 0.29) is 13.0 Å². The van der Waals surface area contributed by atoms with E-state index in [9.17, 15) is 22.8 Å². The maximum absolute atomic E-state index is 13.2. The van der Waals surface area contributed by atoms with Gasteiger partial charge >= 0.3 is 5.97 Å². The summed E-state index contributed by atoms with van der Waals surface area (Å²) in [5.41, 5.74) is -0.888. The highest BCUT2D eigenvalue weighted by Crippen LogP contribution is 2.14. The van der Waals surface area contributed by atoms with Crippen molar-refractivity contribution in [3.05, 3.63) is 35.1 Å². The third kappa shape index (κ3) is 3.47. The van der Waals surface area contributed by atoms with Gasteiger partial charge in [-0.15, -0.1) is 0 Å². The van der Waals surface area contributed by atoms with Crippen LogP contribution in [0.3, 0.4) is 0 Å². The number of hydrogen-bond donors (Lipinski definition) is 1. The topological polar surface area (TPSA) is 55.4 Å². The summed E-state index contributed by atoms with van der Waals surface area (Å²) in [6.07, 6.45) is -0.132. The van der Waals surface area contributed by atoms with E-state index in [1.54, 1.807) is 0 Å². The zero-order valence-electron chi connectivity index (χ0n) is 9.43. The number of halogens is 3. The second-order valence-corrected chi connectivity index (χ2v) is 3.33. The molecule has 0 saturated heterocycles. The van der Waals surface area contributed by atoms with Gasteiger partial charge in [0.05, 0.1) is 13.5 Å². The van der Waals surface area contributed by atoms with E-state index in [1.807, 2.05) is 0 Å². The van der Waals surface area contributed by atoms with Gasteiger partial charge < -0.3 is 10.1 Å². The molecule has 1 rings (SSSR count). The van der Waals surface area contributed by atoms with Crippen LogP contribution >= 0.6 is 0 Å². The number of ether oxygens (including phenoxy) is 1. The first-order valence-corrected chi connectivity index (χ1v) is 4.95. The van der Waals surface area contributed by atoms with E-state index < -0.39 is 34.9 Å². The Labute approximate surface area is 101 Å². The van der Waals surface area contributed by atoms with Crippen molar-refractivity contribution in [3.63, 3.8) is 0 Å². The number of hydrogen-bond acceptors (Lipinski definition) is 3. The minimum atomic E-state index is -1.30. The van der Waals surface area contributed by atoms with Gasteiger partial charge in [0, 0.05) is 18.7 Å². The van der Waals surface area contributed by atoms with Gasteiger partial charge in [0.25, 0.3) is 5.91 Å². The molecule has 1 N–H and O–H groups in total. The van der Waals surface area contributed by atoms with Crippen LogP contribution in [0.4, 0.5) is 13.2 Å². The van der Waals surface area contributed by atoms with E-state index in [1.165, 1.54) is 7.11 Å². The van der Waals surface area contributed by atoms with E-state index >= 15 is 0 Å². The number of carbonyl (C=O) groups excluding carboxylic acids is 2. The van der Waals surface area contributed by atoms with Gasteiger partial charge in [-0.1, -0.05) is 0 Å². The van der Waals surface area contributed by atoms with Crippen molar-refractivity contribution in [1.82, 2.24) is 5.32 Å². The lowest BCUT2D eigenvalue weighted by Crippen LogP contribution is -2.28. The largest absolute Gasteiger partial charge is 0.469 e. The first kappa shape index (κ1) is 14.0. The SMILES string of the molecule is COC(=O)CCNC(=O)c1c(F)cc(F)cc1F. The number of nitrogens with one attached hydrogen (secondary N) is 1. The fraction of sp³-hybridized carbons (Fsp3) is 0.273. The molecule has 7 heteroatoms. The molecule has 98 valence electrons. The van der Waals surface area contributed by atoms with Crippen LogP contribution in [0.25, 0.3) is 0 Å². The molecule has 0 aliphatic rings. The Kier molecular flexibility index (Phi) is 4.70. The van der Waals surface area contributed by atoms with Gasteiger partial charge in [-0.25, -0.2) is 13.2 Å². The Bertz CT molecular complexity index is 454. The zero-order chi connectivity index (χ0) is 13.7. The van der Waals surface area contributed by atoms with Crippen LogP contribution in [0.1, 0.15) is 16.8 Å². The molecule has 0 heterocycles. The minimum Gasteiger partial charge on any atom is -0.469 e. The molecule has 18 heavy (non-hydrogen) atoms. The van der Waals surface area contributed by atoms with Crippen molar-refractivity contribution in [2.75, 3.05) is 13.7 Å². The second kappa shape index (κ2) is 6.04. The molecule has 1 aromatic carbocycles. The van der Waals surface area contributed by atoms with E-state index in [2.05, 4.69) is 10.1 Å². The highest BCUT2D eigenvalue weighted by molar-refractivity contribution is 5.94. The summed E-state index contributed by atoms with van der Waals surface area (Å²) < 4.78 is 43.3. The summed E-state index contributed by atoms with van der Waals surface area (Å²) in [4.78, 5) is 22.1. The molecule has 0 aliphatic heterocycles. The standard InChI is InChI=1S/C11H10F3NO3/c1-18-9(16)2-3-15-11(17)10-7(13)4-6(12)5-8(10)14/h4-5H,2-3H2,1H3,(H,15,17). The maximum atomic E-state index is 13.2. The second-order valence-electron chi connectivity index (χ2n) is 3.33. The highest BCUT2D eigenvalue weighted by Gasteiger charge is 2.18. The van der Waals surface area contributed by atoms with Crippen molar-refractivity contribution in [3.8, 4) is 0 Å². The first-order chi connectivity index (χ1) is 8.45.